The van der Waals surface area contributed by atoms with Crippen LogP contribution in [0.5, 0.6) is 0 Å². The number of likely N-dealkylation sites (N-methyl/N-ethyl adjacent to an activating group) is 1. The minimum Gasteiger partial charge on any atom is -0.363 e. The summed E-state index contributed by atoms with van der Waals surface area (Å²) in [6.07, 6.45) is 12.3. The summed E-state index contributed by atoms with van der Waals surface area (Å²) in [6, 6.07) is 6.08. The molecule has 3 N–H and O–H groups in total. The van der Waals surface area contributed by atoms with E-state index < -0.39 is 18.1 Å². The van der Waals surface area contributed by atoms with Crippen molar-refractivity contribution >= 4 is 17.7 Å². The van der Waals surface area contributed by atoms with Gasteiger partial charge in [-0.05, 0) is 56.7 Å². The zero-order valence-corrected chi connectivity index (χ0v) is 22.0. The average Bonchev–Trinajstić information content (AvgIpc) is 3.55. The van der Waals surface area contributed by atoms with Gasteiger partial charge in [-0.1, -0.05) is 49.4 Å². The molecule has 0 spiro atoms. The Morgan fingerprint density at radius 3 is 2.62 bits per heavy atom. The van der Waals surface area contributed by atoms with Crippen molar-refractivity contribution in [3.8, 4) is 12.3 Å². The smallest absolute Gasteiger partial charge is 0.246 e. The van der Waals surface area contributed by atoms with Gasteiger partial charge >= 0.3 is 0 Å². The largest absolute Gasteiger partial charge is 0.363 e. The molecule has 0 radical (unpaired) electrons. The average molecular weight is 509 g/mol. The minimum atomic E-state index is -0.615. The van der Waals surface area contributed by atoms with Crippen LogP contribution in [0.3, 0.4) is 0 Å². The van der Waals surface area contributed by atoms with Crippen molar-refractivity contribution in [1.82, 2.24) is 20.9 Å². The summed E-state index contributed by atoms with van der Waals surface area (Å²) in [5.41, 5.74) is 2.16. The molecule has 1 aromatic rings. The number of carbonyl (C=O) groups is 3. The van der Waals surface area contributed by atoms with E-state index in [1.807, 2.05) is 24.3 Å². The molecule has 3 amide bonds. The van der Waals surface area contributed by atoms with E-state index in [0.29, 0.717) is 19.4 Å². The highest BCUT2D eigenvalue weighted by Gasteiger charge is 2.43. The van der Waals surface area contributed by atoms with Crippen LogP contribution in [0, 0.1) is 18.3 Å². The second-order valence-electron chi connectivity index (χ2n) is 10.5. The van der Waals surface area contributed by atoms with E-state index in [4.69, 9.17) is 11.2 Å². The van der Waals surface area contributed by atoms with Gasteiger partial charge in [0.15, 0.2) is 0 Å². The number of hydrogen-bond acceptors (Lipinski definition) is 5. The lowest BCUT2D eigenvalue weighted by Gasteiger charge is -2.35. The molecule has 0 bridgehead atoms. The van der Waals surface area contributed by atoms with Gasteiger partial charge in [0.05, 0.1) is 18.2 Å². The second-order valence-corrected chi connectivity index (χ2v) is 10.5. The lowest BCUT2D eigenvalue weighted by Crippen LogP contribution is -2.58. The molecule has 3 unspecified atom stereocenters. The SMILES string of the molecule is C#CCO[C@@H]1Cc2ccccc2[C@@H]1NC(=O)C1CCCN1C(=O)C(NC(=O)C(C)NC)C1CCCCC1. The lowest BCUT2D eigenvalue weighted by atomic mass is 9.83. The molecule has 37 heavy (non-hydrogen) atoms. The quantitative estimate of drug-likeness (QED) is 0.444. The fourth-order valence-electron chi connectivity index (χ4n) is 6.03. The predicted molar refractivity (Wildman–Crippen MR) is 141 cm³/mol. The Hall–Kier alpha value is -2.89. The van der Waals surface area contributed by atoms with E-state index in [9.17, 15) is 14.4 Å². The van der Waals surface area contributed by atoms with Crippen molar-refractivity contribution in [3.63, 3.8) is 0 Å². The van der Waals surface area contributed by atoms with Gasteiger partial charge < -0.3 is 25.6 Å². The fourth-order valence-corrected chi connectivity index (χ4v) is 6.03. The van der Waals surface area contributed by atoms with Crippen LogP contribution in [0.25, 0.3) is 0 Å². The van der Waals surface area contributed by atoms with E-state index in [0.717, 1.165) is 49.7 Å². The minimum absolute atomic E-state index is 0.0850. The van der Waals surface area contributed by atoms with Crippen LogP contribution in [0.1, 0.15) is 69.0 Å². The summed E-state index contributed by atoms with van der Waals surface area (Å²) in [6.45, 7) is 2.46. The van der Waals surface area contributed by atoms with Crippen LogP contribution in [0.15, 0.2) is 24.3 Å². The van der Waals surface area contributed by atoms with Gasteiger partial charge in [-0.2, -0.15) is 0 Å². The molecule has 5 atom stereocenters. The summed E-state index contributed by atoms with van der Waals surface area (Å²) in [5.74, 6) is 2.08. The summed E-state index contributed by atoms with van der Waals surface area (Å²) in [7, 11) is 1.73. The topological polar surface area (TPSA) is 99.8 Å². The van der Waals surface area contributed by atoms with E-state index in [2.05, 4.69) is 21.9 Å². The molecule has 2 aliphatic carbocycles. The maximum atomic E-state index is 13.9. The fraction of sp³-hybridized carbons (Fsp3) is 0.621. The zero-order valence-electron chi connectivity index (χ0n) is 22.0. The Bertz CT molecular complexity index is 1020. The van der Waals surface area contributed by atoms with Crippen LogP contribution in [-0.2, 0) is 25.5 Å². The molecule has 1 saturated carbocycles. The summed E-state index contributed by atoms with van der Waals surface area (Å²) < 4.78 is 5.89. The van der Waals surface area contributed by atoms with E-state index >= 15 is 0 Å². The molecule has 8 heteroatoms. The molecule has 3 aliphatic rings. The molecule has 1 aromatic carbocycles. The van der Waals surface area contributed by atoms with Crippen LogP contribution >= 0.6 is 0 Å². The summed E-state index contributed by atoms with van der Waals surface area (Å²) >= 11 is 0. The van der Waals surface area contributed by atoms with Crippen LogP contribution in [0.2, 0.25) is 0 Å². The normalized spacial score (nSPS) is 25.1. The first kappa shape index (κ1) is 27.2. The summed E-state index contributed by atoms with van der Waals surface area (Å²) in [4.78, 5) is 42.0. The number of nitrogens with zero attached hydrogens (tertiary/aromatic N) is 1. The van der Waals surface area contributed by atoms with Gasteiger partial charge in [0, 0.05) is 13.0 Å². The van der Waals surface area contributed by atoms with Crippen molar-refractivity contribution < 1.29 is 19.1 Å². The standard InChI is InChI=1S/C29H40N4O4/c1-4-17-37-24-18-21-13-8-9-14-22(21)26(24)32-28(35)23-15-10-16-33(23)29(36)25(20-11-6-5-7-12-20)31-27(34)19(2)30-3/h1,8-9,13-14,19-20,23-26,30H,5-7,10-12,15-18H2,2-3H3,(H,31,34)(H,32,35)/t19?,23?,24-,25?,26+/m1/s1. The third-order valence-electron chi connectivity index (χ3n) is 8.21. The molecule has 2 fully saturated rings. The molecule has 200 valence electrons. The maximum absolute atomic E-state index is 13.9. The highest BCUT2D eigenvalue weighted by atomic mass is 16.5. The first-order chi connectivity index (χ1) is 17.9. The molecule has 1 saturated heterocycles. The monoisotopic (exact) mass is 508 g/mol. The number of fused-ring (bicyclic) bond motifs is 1. The molecular weight excluding hydrogens is 468 g/mol. The Morgan fingerprint density at radius 2 is 1.89 bits per heavy atom. The number of carbonyl (C=O) groups excluding carboxylic acids is 3. The van der Waals surface area contributed by atoms with Gasteiger partial charge in [-0.3, -0.25) is 14.4 Å². The van der Waals surface area contributed by atoms with Crippen LogP contribution < -0.4 is 16.0 Å². The number of amides is 3. The Labute approximate surface area is 220 Å². The first-order valence-electron chi connectivity index (χ1n) is 13.7. The molecule has 1 heterocycles. The Kier molecular flexibility index (Phi) is 9.23. The number of terminal acetylenes is 1. The van der Waals surface area contributed by atoms with Crippen molar-refractivity contribution in [3.05, 3.63) is 35.4 Å². The molecule has 1 aliphatic heterocycles. The number of likely N-dealkylation sites (tertiary alicyclic amines) is 1. The van der Waals surface area contributed by atoms with Gasteiger partial charge in [0.2, 0.25) is 17.7 Å². The predicted octanol–water partition coefficient (Wildman–Crippen LogP) is 2.08. The Morgan fingerprint density at radius 1 is 1.14 bits per heavy atom. The number of ether oxygens (including phenoxy) is 1. The molecule has 0 aromatic heterocycles. The number of rotatable bonds is 9. The van der Waals surface area contributed by atoms with Crippen molar-refractivity contribution in [2.75, 3.05) is 20.2 Å². The zero-order chi connectivity index (χ0) is 26.4. The number of hydrogen-bond donors (Lipinski definition) is 3. The van der Waals surface area contributed by atoms with E-state index in [1.54, 1.807) is 18.9 Å². The van der Waals surface area contributed by atoms with Crippen LogP contribution in [0.4, 0.5) is 0 Å². The van der Waals surface area contributed by atoms with Crippen molar-refractivity contribution in [1.29, 1.82) is 0 Å². The maximum Gasteiger partial charge on any atom is 0.246 e. The van der Waals surface area contributed by atoms with E-state index in [-0.39, 0.29) is 42.4 Å². The van der Waals surface area contributed by atoms with Crippen molar-refractivity contribution in [2.45, 2.75) is 88.6 Å². The first-order valence-corrected chi connectivity index (χ1v) is 13.7. The lowest BCUT2D eigenvalue weighted by molar-refractivity contribution is -0.143. The third-order valence-corrected chi connectivity index (χ3v) is 8.21. The van der Waals surface area contributed by atoms with Gasteiger partial charge in [-0.15, -0.1) is 6.42 Å². The van der Waals surface area contributed by atoms with Gasteiger partial charge in [0.1, 0.15) is 18.7 Å². The van der Waals surface area contributed by atoms with Gasteiger partial charge in [-0.25, -0.2) is 0 Å². The van der Waals surface area contributed by atoms with E-state index in [1.165, 1.54) is 0 Å². The summed E-state index contributed by atoms with van der Waals surface area (Å²) in [5, 5.41) is 9.16. The van der Waals surface area contributed by atoms with Crippen LogP contribution in [-0.4, -0.2) is 67.1 Å². The molecule has 8 nitrogen and oxygen atoms in total. The third kappa shape index (κ3) is 6.16. The molecule has 4 rings (SSSR count). The highest BCUT2D eigenvalue weighted by Crippen LogP contribution is 2.34. The van der Waals surface area contributed by atoms with Gasteiger partial charge in [0.25, 0.3) is 0 Å². The molecular formula is C29H40N4O4. The number of nitrogens with one attached hydrogen (secondary N) is 3. The number of benzene rings is 1. The second kappa shape index (κ2) is 12.6. The van der Waals surface area contributed by atoms with Crippen molar-refractivity contribution in [2.24, 2.45) is 5.92 Å². The Balaban J connectivity index is 1.50. The highest BCUT2D eigenvalue weighted by molar-refractivity contribution is 5.93.